The molecule has 3 aromatic rings. The van der Waals surface area contributed by atoms with E-state index in [0.29, 0.717) is 27.5 Å². The van der Waals surface area contributed by atoms with Gasteiger partial charge in [-0.05, 0) is 52.3 Å². The first kappa shape index (κ1) is 25.8. The Morgan fingerprint density at radius 3 is 1.91 bits per heavy atom. The highest BCUT2D eigenvalue weighted by Gasteiger charge is 2.28. The number of phenolic OH excluding ortho intramolecular Hbond substituents is 2. The van der Waals surface area contributed by atoms with Gasteiger partial charge in [0.05, 0.1) is 16.4 Å². The fraction of sp³-hybridized carbons (Fsp3) is 0.286. The number of aliphatic imine (C=N–C) groups is 2. The molecule has 178 valence electrons. The molecule has 0 saturated carbocycles. The van der Waals surface area contributed by atoms with E-state index in [1.807, 2.05) is 30.3 Å². The zero-order valence-electron chi connectivity index (χ0n) is 20.3. The summed E-state index contributed by atoms with van der Waals surface area (Å²) in [5, 5.41) is 21.5. The Kier molecular flexibility index (Phi) is 7.44. The molecule has 0 atom stereocenters. The molecule has 0 amide bonds. The van der Waals surface area contributed by atoms with Crippen molar-refractivity contribution in [2.45, 2.75) is 52.4 Å². The fourth-order valence-electron chi connectivity index (χ4n) is 3.81. The zero-order valence-corrected chi connectivity index (χ0v) is 21.8. The molecule has 3 rings (SSSR count). The predicted octanol–water partition coefficient (Wildman–Crippen LogP) is 8.50. The number of halogens is 2. The lowest BCUT2D eigenvalue weighted by Crippen LogP contribution is -2.24. The quantitative estimate of drug-likeness (QED) is 0.355. The van der Waals surface area contributed by atoms with Crippen LogP contribution in [0.2, 0.25) is 10.0 Å². The molecule has 0 aromatic heterocycles. The summed E-state index contributed by atoms with van der Waals surface area (Å²) < 4.78 is 0. The second-order valence-corrected chi connectivity index (χ2v) is 11.1. The van der Waals surface area contributed by atoms with Gasteiger partial charge in [-0.3, -0.25) is 9.98 Å². The van der Waals surface area contributed by atoms with Crippen molar-refractivity contribution in [1.29, 1.82) is 0 Å². The molecular weight excluding hydrogens is 467 g/mol. The van der Waals surface area contributed by atoms with Crippen molar-refractivity contribution in [2.24, 2.45) is 9.98 Å². The smallest absolute Gasteiger partial charge is 0.143 e. The number of phenols is 2. The summed E-state index contributed by atoms with van der Waals surface area (Å²) in [6, 6.07) is 14.2. The first-order chi connectivity index (χ1) is 15.8. The lowest BCUT2D eigenvalue weighted by molar-refractivity contribution is 0.465. The van der Waals surface area contributed by atoms with Crippen molar-refractivity contribution >= 4 is 47.0 Å². The van der Waals surface area contributed by atoms with Crippen LogP contribution in [0.1, 0.15) is 63.8 Å². The molecule has 3 aromatic carbocycles. The molecular formula is C28H30Cl2N2O2. The first-order valence-electron chi connectivity index (χ1n) is 11.0. The highest BCUT2D eigenvalue weighted by molar-refractivity contribution is 6.36. The summed E-state index contributed by atoms with van der Waals surface area (Å²) >= 11 is 12.1. The minimum atomic E-state index is -0.205. The molecule has 4 nitrogen and oxygen atoms in total. The third kappa shape index (κ3) is 5.81. The van der Waals surface area contributed by atoms with Gasteiger partial charge in [0.15, 0.2) is 0 Å². The van der Waals surface area contributed by atoms with E-state index in [9.17, 15) is 10.2 Å². The van der Waals surface area contributed by atoms with Gasteiger partial charge in [-0.1, -0.05) is 82.9 Å². The predicted molar refractivity (Wildman–Crippen MR) is 145 cm³/mol. The van der Waals surface area contributed by atoms with Gasteiger partial charge in [-0.2, -0.15) is 0 Å². The SMILES string of the molecule is CC(C)(C)c1ccc(O)c(C=Nc2ccccc2N=Cc2cc(Cl)cc(Cl)c2O)c1C(C)(C)C. The Morgan fingerprint density at radius 2 is 1.35 bits per heavy atom. The van der Waals surface area contributed by atoms with Crippen molar-refractivity contribution < 1.29 is 10.2 Å². The normalized spacial score (nSPS) is 12.7. The van der Waals surface area contributed by atoms with Crippen molar-refractivity contribution in [3.8, 4) is 11.5 Å². The number of benzene rings is 3. The molecule has 0 bridgehead atoms. The largest absolute Gasteiger partial charge is 0.507 e. The van der Waals surface area contributed by atoms with E-state index >= 15 is 0 Å². The highest BCUT2D eigenvalue weighted by Crippen LogP contribution is 2.39. The summed E-state index contributed by atoms with van der Waals surface area (Å²) in [6.07, 6.45) is 3.20. The van der Waals surface area contributed by atoms with E-state index in [1.54, 1.807) is 18.3 Å². The van der Waals surface area contributed by atoms with Crippen LogP contribution in [-0.2, 0) is 10.8 Å². The standard InChI is InChI=1S/C28H30Cl2N2O2/c1-27(2,3)20-11-12-24(33)19(25(20)28(4,5)6)16-32-23-10-8-7-9-22(23)31-15-17-13-18(29)14-21(30)26(17)34/h7-16,33-34H,1-6H3. The van der Waals surface area contributed by atoms with Crippen LogP contribution in [0.5, 0.6) is 11.5 Å². The van der Waals surface area contributed by atoms with E-state index < -0.39 is 0 Å². The molecule has 2 N–H and O–H groups in total. The van der Waals surface area contributed by atoms with Gasteiger partial charge < -0.3 is 10.2 Å². The van der Waals surface area contributed by atoms with Crippen molar-refractivity contribution in [3.05, 3.63) is 80.8 Å². The maximum Gasteiger partial charge on any atom is 0.143 e. The minimum absolute atomic E-state index is 0.0884. The number of aromatic hydroxyl groups is 2. The van der Waals surface area contributed by atoms with E-state index in [2.05, 4.69) is 46.5 Å². The molecule has 0 aliphatic heterocycles. The van der Waals surface area contributed by atoms with Crippen molar-refractivity contribution in [2.75, 3.05) is 0 Å². The van der Waals surface area contributed by atoms with Gasteiger partial charge in [-0.15, -0.1) is 0 Å². The third-order valence-electron chi connectivity index (χ3n) is 5.40. The van der Waals surface area contributed by atoms with Crippen LogP contribution in [0, 0.1) is 0 Å². The second kappa shape index (κ2) is 9.81. The molecule has 0 radical (unpaired) electrons. The number of hydrogen-bond donors (Lipinski definition) is 2. The summed E-state index contributed by atoms with van der Waals surface area (Å²) in [6.45, 7) is 12.9. The molecule has 0 saturated heterocycles. The maximum atomic E-state index is 10.8. The monoisotopic (exact) mass is 496 g/mol. The molecule has 0 aliphatic rings. The minimum Gasteiger partial charge on any atom is -0.507 e. The number of rotatable bonds is 4. The molecule has 0 unspecified atom stereocenters. The zero-order chi connectivity index (χ0) is 25.3. The van der Waals surface area contributed by atoms with Crippen LogP contribution >= 0.6 is 23.2 Å². The van der Waals surface area contributed by atoms with Gasteiger partial charge in [0.1, 0.15) is 11.5 Å². The van der Waals surface area contributed by atoms with Crippen LogP contribution in [0.4, 0.5) is 11.4 Å². The Bertz CT molecular complexity index is 1270. The van der Waals surface area contributed by atoms with Gasteiger partial charge in [0.25, 0.3) is 0 Å². The first-order valence-corrected chi connectivity index (χ1v) is 11.8. The Morgan fingerprint density at radius 1 is 0.765 bits per heavy atom. The van der Waals surface area contributed by atoms with E-state index in [-0.39, 0.29) is 27.4 Å². The van der Waals surface area contributed by atoms with E-state index in [1.165, 1.54) is 17.8 Å². The molecule has 6 heteroatoms. The van der Waals surface area contributed by atoms with E-state index in [0.717, 1.165) is 5.56 Å². The Balaban J connectivity index is 2.08. The summed E-state index contributed by atoms with van der Waals surface area (Å²) in [7, 11) is 0. The van der Waals surface area contributed by atoms with Crippen LogP contribution in [0.3, 0.4) is 0 Å². The van der Waals surface area contributed by atoms with Gasteiger partial charge in [0.2, 0.25) is 0 Å². The van der Waals surface area contributed by atoms with Gasteiger partial charge in [-0.25, -0.2) is 0 Å². The van der Waals surface area contributed by atoms with Crippen LogP contribution in [0.25, 0.3) is 0 Å². The van der Waals surface area contributed by atoms with Crippen LogP contribution in [0.15, 0.2) is 58.5 Å². The molecule has 0 heterocycles. The Hall–Kier alpha value is -2.82. The lowest BCUT2D eigenvalue weighted by Gasteiger charge is -2.32. The average molecular weight is 497 g/mol. The molecule has 0 spiro atoms. The maximum absolute atomic E-state index is 10.8. The summed E-state index contributed by atoms with van der Waals surface area (Å²) in [5.74, 6) is 0.0932. The van der Waals surface area contributed by atoms with Gasteiger partial charge >= 0.3 is 0 Å². The third-order valence-corrected chi connectivity index (χ3v) is 5.90. The summed E-state index contributed by atoms with van der Waals surface area (Å²) in [4.78, 5) is 9.19. The second-order valence-electron chi connectivity index (χ2n) is 10.3. The van der Waals surface area contributed by atoms with Crippen molar-refractivity contribution in [1.82, 2.24) is 0 Å². The number of nitrogens with zero attached hydrogens (tertiary/aromatic N) is 2. The molecule has 0 aliphatic carbocycles. The fourth-order valence-corrected chi connectivity index (χ4v) is 4.32. The molecule has 0 fully saturated rings. The van der Waals surface area contributed by atoms with Crippen LogP contribution in [-0.4, -0.2) is 22.6 Å². The van der Waals surface area contributed by atoms with Crippen molar-refractivity contribution in [3.63, 3.8) is 0 Å². The number of para-hydroxylation sites is 2. The van der Waals surface area contributed by atoms with E-state index in [4.69, 9.17) is 28.2 Å². The van der Waals surface area contributed by atoms with Gasteiger partial charge in [0, 0.05) is 28.6 Å². The highest BCUT2D eigenvalue weighted by atomic mass is 35.5. The lowest BCUT2D eigenvalue weighted by atomic mass is 9.73. The topological polar surface area (TPSA) is 65.2 Å². The average Bonchev–Trinajstić information content (AvgIpc) is 2.73. The Labute approximate surface area is 211 Å². The van der Waals surface area contributed by atoms with Crippen LogP contribution < -0.4 is 0 Å². The summed E-state index contributed by atoms with van der Waals surface area (Å²) in [5.41, 5.74) is 4.23. The molecule has 34 heavy (non-hydrogen) atoms. The number of hydrogen-bond acceptors (Lipinski definition) is 4.